The molecule has 23 heavy (non-hydrogen) atoms. The molecule has 0 radical (unpaired) electrons. The topological polar surface area (TPSA) is 92.3 Å². The van der Waals surface area contributed by atoms with E-state index in [9.17, 15) is 19.2 Å². The molecule has 2 amide bonds. The molecule has 0 aromatic rings. The molecule has 1 rings (SSSR count). The normalized spacial score (nSPS) is 18.8. The van der Waals surface area contributed by atoms with Crippen LogP contribution in [-0.4, -0.2) is 47.0 Å². The maximum Gasteiger partial charge on any atom is 0.315 e. The highest BCUT2D eigenvalue weighted by atomic mass is 32.2. The van der Waals surface area contributed by atoms with Gasteiger partial charge >= 0.3 is 6.03 Å². The first kappa shape index (κ1) is 19.7. The van der Waals surface area contributed by atoms with Gasteiger partial charge in [0.15, 0.2) is 11.6 Å². The minimum Gasteiger partial charge on any atom is -0.338 e. The van der Waals surface area contributed by atoms with Crippen molar-refractivity contribution in [2.45, 2.75) is 63.7 Å². The van der Waals surface area contributed by atoms with Crippen LogP contribution in [-0.2, 0) is 14.4 Å². The van der Waals surface area contributed by atoms with Gasteiger partial charge in [-0.3, -0.25) is 14.4 Å². The molecule has 1 unspecified atom stereocenters. The molecule has 7 heteroatoms. The van der Waals surface area contributed by atoms with E-state index in [1.54, 1.807) is 25.6 Å². The second-order valence-corrected chi connectivity index (χ2v) is 7.06. The Hall–Kier alpha value is -1.37. The average molecular weight is 342 g/mol. The van der Waals surface area contributed by atoms with E-state index in [1.165, 1.54) is 0 Å². The highest BCUT2D eigenvalue weighted by Crippen LogP contribution is 2.25. The Balaban J connectivity index is 1.99. The van der Waals surface area contributed by atoms with Gasteiger partial charge in [-0.25, -0.2) is 4.79 Å². The summed E-state index contributed by atoms with van der Waals surface area (Å²) in [5.74, 6) is 0.988. The molecule has 1 fully saturated rings. The number of unbranched alkanes of at least 4 members (excludes halogenated alkanes) is 2. The van der Waals surface area contributed by atoms with Crippen molar-refractivity contribution in [3.05, 3.63) is 0 Å². The fourth-order valence-corrected chi connectivity index (χ4v) is 3.55. The SMILES string of the molecule is CCC(=O)[C@H](C)NC(=O)NCCCCCSC1CC(=O)CC1=O. The molecular formula is C16H26N2O4S. The molecule has 2 atom stereocenters. The van der Waals surface area contributed by atoms with Gasteiger partial charge in [0.1, 0.15) is 5.78 Å². The van der Waals surface area contributed by atoms with Crippen LogP contribution in [0.25, 0.3) is 0 Å². The van der Waals surface area contributed by atoms with E-state index in [2.05, 4.69) is 10.6 Å². The summed E-state index contributed by atoms with van der Waals surface area (Å²) < 4.78 is 0. The van der Waals surface area contributed by atoms with Crippen LogP contribution in [0.15, 0.2) is 0 Å². The Labute approximate surface area is 141 Å². The quantitative estimate of drug-likeness (QED) is 0.467. The van der Waals surface area contributed by atoms with Gasteiger partial charge in [0.05, 0.1) is 17.7 Å². The molecule has 0 heterocycles. The number of Topliss-reactive ketones (excluding diaryl/α,β-unsaturated/α-hetero) is 3. The van der Waals surface area contributed by atoms with E-state index in [-0.39, 0.29) is 35.1 Å². The van der Waals surface area contributed by atoms with Gasteiger partial charge in [0.25, 0.3) is 0 Å². The van der Waals surface area contributed by atoms with E-state index < -0.39 is 6.04 Å². The van der Waals surface area contributed by atoms with Crippen molar-refractivity contribution in [2.24, 2.45) is 0 Å². The monoisotopic (exact) mass is 342 g/mol. The Morgan fingerprint density at radius 3 is 2.61 bits per heavy atom. The van der Waals surface area contributed by atoms with Crippen molar-refractivity contribution in [2.75, 3.05) is 12.3 Å². The summed E-state index contributed by atoms with van der Waals surface area (Å²) in [6.07, 6.45) is 3.66. The third-order valence-corrected chi connectivity index (χ3v) is 5.10. The van der Waals surface area contributed by atoms with Crippen LogP contribution in [0.1, 0.15) is 52.4 Å². The molecule has 0 spiro atoms. The molecule has 6 nitrogen and oxygen atoms in total. The highest BCUT2D eigenvalue weighted by Gasteiger charge is 2.30. The minimum atomic E-state index is -0.456. The second-order valence-electron chi connectivity index (χ2n) is 5.75. The Morgan fingerprint density at radius 1 is 1.26 bits per heavy atom. The second kappa shape index (κ2) is 10.4. The minimum absolute atomic E-state index is 0.0112. The first-order chi connectivity index (χ1) is 10.9. The maximum absolute atomic E-state index is 11.6. The van der Waals surface area contributed by atoms with Gasteiger partial charge in [-0.15, -0.1) is 0 Å². The third kappa shape index (κ3) is 7.63. The summed E-state index contributed by atoms with van der Waals surface area (Å²) in [7, 11) is 0. The molecule has 0 bridgehead atoms. The highest BCUT2D eigenvalue weighted by molar-refractivity contribution is 8.00. The number of rotatable bonds is 10. The van der Waals surface area contributed by atoms with Gasteiger partial charge in [-0.1, -0.05) is 13.3 Å². The molecule has 0 aromatic carbocycles. The van der Waals surface area contributed by atoms with Crippen molar-refractivity contribution < 1.29 is 19.2 Å². The van der Waals surface area contributed by atoms with Crippen molar-refractivity contribution in [1.82, 2.24) is 10.6 Å². The lowest BCUT2D eigenvalue weighted by molar-refractivity contribution is -0.122. The molecule has 130 valence electrons. The van der Waals surface area contributed by atoms with E-state index >= 15 is 0 Å². The van der Waals surface area contributed by atoms with Crippen LogP contribution >= 0.6 is 11.8 Å². The van der Waals surface area contributed by atoms with E-state index in [0.717, 1.165) is 25.0 Å². The van der Waals surface area contributed by atoms with Gasteiger partial charge in [0, 0.05) is 19.4 Å². The number of carbonyl (C=O) groups is 4. The van der Waals surface area contributed by atoms with Gasteiger partial charge in [-0.2, -0.15) is 11.8 Å². The molecule has 0 aromatic heterocycles. The third-order valence-electron chi connectivity index (χ3n) is 3.75. The van der Waals surface area contributed by atoms with E-state index in [4.69, 9.17) is 0 Å². The average Bonchev–Trinajstić information content (AvgIpc) is 2.83. The number of nitrogens with one attached hydrogen (secondary N) is 2. The zero-order valence-corrected chi connectivity index (χ0v) is 14.7. The number of ketones is 3. The lowest BCUT2D eigenvalue weighted by atomic mass is 10.2. The van der Waals surface area contributed by atoms with Gasteiger partial charge in [0.2, 0.25) is 0 Å². The Morgan fingerprint density at radius 2 is 2.00 bits per heavy atom. The molecule has 1 aliphatic rings. The Kier molecular flexibility index (Phi) is 8.91. The van der Waals surface area contributed by atoms with Crippen LogP contribution in [0.4, 0.5) is 4.79 Å². The lowest BCUT2D eigenvalue weighted by Gasteiger charge is -2.12. The molecule has 2 N–H and O–H groups in total. The van der Waals surface area contributed by atoms with Crippen LogP contribution in [0.3, 0.4) is 0 Å². The van der Waals surface area contributed by atoms with Crippen LogP contribution in [0, 0.1) is 0 Å². The molecule has 1 aliphatic carbocycles. The maximum atomic E-state index is 11.6. The summed E-state index contributed by atoms with van der Waals surface area (Å²) in [6.45, 7) is 4.01. The molecular weight excluding hydrogens is 316 g/mol. The first-order valence-corrected chi connectivity index (χ1v) is 9.22. The van der Waals surface area contributed by atoms with E-state index in [0.29, 0.717) is 19.4 Å². The summed E-state index contributed by atoms with van der Waals surface area (Å²) in [4.78, 5) is 45.5. The summed E-state index contributed by atoms with van der Waals surface area (Å²) in [5.41, 5.74) is 0. The smallest absolute Gasteiger partial charge is 0.315 e. The predicted molar refractivity (Wildman–Crippen MR) is 90.6 cm³/mol. The molecule has 0 saturated heterocycles. The van der Waals surface area contributed by atoms with Crippen molar-refractivity contribution >= 4 is 35.1 Å². The van der Waals surface area contributed by atoms with Crippen molar-refractivity contribution in [3.8, 4) is 0 Å². The van der Waals surface area contributed by atoms with Crippen LogP contribution < -0.4 is 10.6 Å². The lowest BCUT2D eigenvalue weighted by Crippen LogP contribution is -2.44. The number of thioether (sulfide) groups is 1. The standard InChI is InChI=1S/C16H26N2O4S/c1-3-13(20)11(2)18-16(22)17-7-5-4-6-8-23-15-10-12(19)9-14(15)21/h11,15H,3-10H2,1-2H3,(H2,17,18,22)/t11-,15?/m0/s1. The van der Waals surface area contributed by atoms with Crippen LogP contribution in [0.5, 0.6) is 0 Å². The van der Waals surface area contributed by atoms with E-state index in [1.807, 2.05) is 0 Å². The summed E-state index contributed by atoms with van der Waals surface area (Å²) in [6, 6.07) is -0.771. The fourth-order valence-electron chi connectivity index (χ4n) is 2.32. The van der Waals surface area contributed by atoms with Crippen molar-refractivity contribution in [1.29, 1.82) is 0 Å². The molecule has 1 saturated carbocycles. The zero-order chi connectivity index (χ0) is 17.2. The van der Waals surface area contributed by atoms with Gasteiger partial charge < -0.3 is 10.6 Å². The first-order valence-electron chi connectivity index (χ1n) is 8.17. The summed E-state index contributed by atoms with van der Waals surface area (Å²) in [5, 5.41) is 5.20. The number of hydrogen-bond acceptors (Lipinski definition) is 5. The largest absolute Gasteiger partial charge is 0.338 e. The zero-order valence-electron chi connectivity index (χ0n) is 13.9. The molecule has 0 aliphatic heterocycles. The predicted octanol–water partition coefficient (Wildman–Crippen LogP) is 1.86. The Bertz CT molecular complexity index is 453. The van der Waals surface area contributed by atoms with Crippen LogP contribution in [0.2, 0.25) is 0 Å². The number of hydrogen-bond donors (Lipinski definition) is 2. The number of carbonyl (C=O) groups excluding carboxylic acids is 4. The van der Waals surface area contributed by atoms with Crippen molar-refractivity contribution in [3.63, 3.8) is 0 Å². The number of amides is 2. The summed E-state index contributed by atoms with van der Waals surface area (Å²) >= 11 is 1.57. The number of urea groups is 1. The fraction of sp³-hybridized carbons (Fsp3) is 0.750. The van der Waals surface area contributed by atoms with Gasteiger partial charge in [-0.05, 0) is 25.5 Å².